The van der Waals surface area contributed by atoms with Crippen LogP contribution in [0.5, 0.6) is 0 Å². The summed E-state index contributed by atoms with van der Waals surface area (Å²) in [7, 11) is 1.90. The molecule has 1 amide bonds. The van der Waals surface area contributed by atoms with Gasteiger partial charge >= 0.3 is 0 Å². The van der Waals surface area contributed by atoms with Crippen molar-refractivity contribution < 1.29 is 4.79 Å². The fourth-order valence-corrected chi connectivity index (χ4v) is 3.67. The molecule has 0 saturated heterocycles. The summed E-state index contributed by atoms with van der Waals surface area (Å²) in [5.41, 5.74) is 7.65. The molecule has 6 heteroatoms. The molecule has 2 aliphatic rings. The van der Waals surface area contributed by atoms with Crippen LogP contribution < -0.4 is 11.1 Å². The molecular formula is C17H27N5O. The molecule has 1 atom stereocenters. The summed E-state index contributed by atoms with van der Waals surface area (Å²) in [6, 6.07) is -0.0258. The predicted molar refractivity (Wildman–Crippen MR) is 90.5 cm³/mol. The summed E-state index contributed by atoms with van der Waals surface area (Å²) < 4.78 is 1.80. The number of aryl methyl sites for hydroxylation is 1. The maximum atomic E-state index is 13.1. The van der Waals surface area contributed by atoms with Gasteiger partial charge in [0.25, 0.3) is 0 Å². The fraction of sp³-hybridized carbons (Fsp3) is 0.647. The highest BCUT2D eigenvalue weighted by atomic mass is 16.2. The van der Waals surface area contributed by atoms with Crippen LogP contribution in [0, 0.1) is 11.8 Å². The lowest BCUT2D eigenvalue weighted by atomic mass is 9.81. The minimum absolute atomic E-state index is 0.0258. The number of fused-ring (bicyclic) bond motifs is 1. The highest BCUT2D eigenvalue weighted by Crippen LogP contribution is 2.33. The van der Waals surface area contributed by atoms with Gasteiger partial charge < -0.3 is 16.0 Å². The molecule has 0 spiro atoms. The standard InChI is InChI=1S/C17H27N5O/c1-11-12(2)22(10-15-9-19-21(3)16(15)20-11)17(23)14-6-4-13(8-18)5-7-14/h9,12-14,20H,1,4-8,10,18H2,2-3H3. The van der Waals surface area contributed by atoms with Crippen molar-refractivity contribution >= 4 is 11.7 Å². The minimum atomic E-state index is -0.0258. The Bertz CT molecular complexity index is 600. The number of aromatic nitrogens is 2. The number of carbonyl (C=O) groups excluding carboxylic acids is 1. The van der Waals surface area contributed by atoms with Crippen LogP contribution in [0.25, 0.3) is 0 Å². The number of nitrogens with two attached hydrogens (primary N) is 1. The number of nitrogens with zero attached hydrogens (tertiary/aromatic N) is 3. The van der Waals surface area contributed by atoms with E-state index in [4.69, 9.17) is 5.73 Å². The second-order valence-corrected chi connectivity index (χ2v) is 6.89. The van der Waals surface area contributed by atoms with Crippen molar-refractivity contribution in [3.8, 4) is 0 Å². The van der Waals surface area contributed by atoms with Crippen molar-refractivity contribution in [1.29, 1.82) is 0 Å². The summed E-state index contributed by atoms with van der Waals surface area (Å²) >= 11 is 0. The van der Waals surface area contributed by atoms with Gasteiger partial charge in [-0.25, -0.2) is 0 Å². The van der Waals surface area contributed by atoms with Crippen LogP contribution in [-0.4, -0.2) is 33.2 Å². The molecule has 1 unspecified atom stereocenters. The Kier molecular flexibility index (Phi) is 4.43. The molecule has 1 saturated carbocycles. The van der Waals surface area contributed by atoms with Gasteiger partial charge in [-0.3, -0.25) is 9.48 Å². The van der Waals surface area contributed by atoms with Crippen LogP contribution in [0.15, 0.2) is 18.5 Å². The maximum absolute atomic E-state index is 13.1. The Morgan fingerprint density at radius 2 is 2.13 bits per heavy atom. The Morgan fingerprint density at radius 1 is 1.43 bits per heavy atom. The lowest BCUT2D eigenvalue weighted by Gasteiger charge is -2.34. The lowest BCUT2D eigenvalue weighted by Crippen LogP contribution is -2.43. The van der Waals surface area contributed by atoms with Crippen molar-refractivity contribution in [2.24, 2.45) is 24.6 Å². The third-order valence-electron chi connectivity index (χ3n) is 5.42. The Hall–Kier alpha value is -1.82. The molecular weight excluding hydrogens is 290 g/mol. The van der Waals surface area contributed by atoms with Crippen molar-refractivity contribution in [2.45, 2.75) is 45.2 Å². The van der Waals surface area contributed by atoms with Gasteiger partial charge in [-0.2, -0.15) is 5.10 Å². The topological polar surface area (TPSA) is 76.2 Å². The third kappa shape index (κ3) is 3.00. The van der Waals surface area contributed by atoms with Gasteiger partial charge in [0, 0.05) is 24.2 Å². The Balaban J connectivity index is 1.78. The molecule has 1 aliphatic carbocycles. The molecule has 1 fully saturated rings. The van der Waals surface area contributed by atoms with E-state index in [1.165, 1.54) is 0 Å². The fourth-order valence-electron chi connectivity index (χ4n) is 3.67. The van der Waals surface area contributed by atoms with Crippen LogP contribution in [0.4, 0.5) is 5.82 Å². The van der Waals surface area contributed by atoms with Crippen LogP contribution >= 0.6 is 0 Å². The van der Waals surface area contributed by atoms with E-state index in [1.54, 1.807) is 4.68 Å². The SMILES string of the molecule is C=C1Nc2c(cnn2C)CN(C(=O)C2CCC(CN)CC2)C1C. The monoisotopic (exact) mass is 317 g/mol. The van der Waals surface area contributed by atoms with Gasteiger partial charge in [0.1, 0.15) is 5.82 Å². The van der Waals surface area contributed by atoms with Crippen molar-refractivity contribution in [2.75, 3.05) is 11.9 Å². The van der Waals surface area contributed by atoms with Crippen LogP contribution in [0.2, 0.25) is 0 Å². The molecule has 23 heavy (non-hydrogen) atoms. The number of rotatable bonds is 2. The third-order valence-corrected chi connectivity index (χ3v) is 5.42. The summed E-state index contributed by atoms with van der Waals surface area (Å²) in [4.78, 5) is 15.0. The highest BCUT2D eigenvalue weighted by Gasteiger charge is 2.34. The zero-order valence-corrected chi connectivity index (χ0v) is 14.1. The number of hydrogen-bond acceptors (Lipinski definition) is 4. The Morgan fingerprint density at radius 3 is 2.78 bits per heavy atom. The normalized spacial score (nSPS) is 28.0. The van der Waals surface area contributed by atoms with E-state index in [-0.39, 0.29) is 17.9 Å². The molecule has 2 heterocycles. The Labute approximate surface area is 137 Å². The second kappa shape index (κ2) is 6.35. The van der Waals surface area contributed by atoms with Gasteiger partial charge in [-0.05, 0) is 45.1 Å². The summed E-state index contributed by atoms with van der Waals surface area (Å²) in [5.74, 6) is 1.88. The molecule has 1 aromatic heterocycles. The zero-order chi connectivity index (χ0) is 16.6. The van der Waals surface area contributed by atoms with E-state index in [0.717, 1.165) is 49.3 Å². The van der Waals surface area contributed by atoms with Gasteiger partial charge in [0.05, 0.1) is 18.8 Å². The molecule has 1 aliphatic heterocycles. The van der Waals surface area contributed by atoms with Crippen LogP contribution in [0.1, 0.15) is 38.2 Å². The first-order valence-electron chi connectivity index (χ1n) is 8.48. The van der Waals surface area contributed by atoms with E-state index in [2.05, 4.69) is 17.0 Å². The lowest BCUT2D eigenvalue weighted by molar-refractivity contribution is -0.138. The average molecular weight is 317 g/mol. The molecule has 0 radical (unpaired) electrons. The quantitative estimate of drug-likeness (QED) is 0.872. The van der Waals surface area contributed by atoms with Gasteiger partial charge in [-0.15, -0.1) is 0 Å². The van der Waals surface area contributed by atoms with Crippen LogP contribution in [-0.2, 0) is 18.4 Å². The number of anilines is 1. The first-order valence-corrected chi connectivity index (χ1v) is 8.48. The molecule has 1 aromatic rings. The molecule has 3 rings (SSSR count). The van der Waals surface area contributed by atoms with Gasteiger partial charge in [0.2, 0.25) is 5.91 Å². The first-order chi connectivity index (χ1) is 11.0. The zero-order valence-electron chi connectivity index (χ0n) is 14.1. The average Bonchev–Trinajstić information content (AvgIpc) is 2.85. The second-order valence-electron chi connectivity index (χ2n) is 6.89. The molecule has 3 N–H and O–H groups in total. The number of hydrogen-bond donors (Lipinski definition) is 2. The van der Waals surface area contributed by atoms with Crippen molar-refractivity contribution in [1.82, 2.24) is 14.7 Å². The predicted octanol–water partition coefficient (Wildman–Crippen LogP) is 1.84. The van der Waals surface area contributed by atoms with Gasteiger partial charge in [0.15, 0.2) is 0 Å². The van der Waals surface area contributed by atoms with E-state index in [9.17, 15) is 4.79 Å². The molecule has 0 bridgehead atoms. The first kappa shape index (κ1) is 16.1. The highest BCUT2D eigenvalue weighted by molar-refractivity contribution is 5.80. The van der Waals surface area contributed by atoms with E-state index < -0.39 is 0 Å². The van der Waals surface area contributed by atoms with E-state index in [1.807, 2.05) is 25.1 Å². The summed E-state index contributed by atoms with van der Waals surface area (Å²) in [6.45, 7) is 7.48. The van der Waals surface area contributed by atoms with Crippen molar-refractivity contribution in [3.05, 3.63) is 24.0 Å². The minimum Gasteiger partial charge on any atom is -0.342 e. The van der Waals surface area contributed by atoms with Gasteiger partial charge in [-0.1, -0.05) is 6.58 Å². The smallest absolute Gasteiger partial charge is 0.226 e. The van der Waals surface area contributed by atoms with E-state index >= 15 is 0 Å². The maximum Gasteiger partial charge on any atom is 0.226 e. The van der Waals surface area contributed by atoms with E-state index in [0.29, 0.717) is 12.5 Å². The van der Waals surface area contributed by atoms with Crippen LogP contribution in [0.3, 0.4) is 0 Å². The largest absolute Gasteiger partial charge is 0.342 e. The number of amides is 1. The molecule has 0 aromatic carbocycles. The number of carbonyl (C=O) groups is 1. The number of nitrogens with one attached hydrogen (secondary N) is 1. The summed E-state index contributed by atoms with van der Waals surface area (Å²) in [5, 5.41) is 7.61. The summed E-state index contributed by atoms with van der Waals surface area (Å²) in [6.07, 6.45) is 5.85. The molecule has 6 nitrogen and oxygen atoms in total. The van der Waals surface area contributed by atoms with Crippen molar-refractivity contribution in [3.63, 3.8) is 0 Å². The molecule has 126 valence electrons.